The average Bonchev–Trinajstić information content (AvgIpc) is 2.62. The van der Waals surface area contributed by atoms with E-state index >= 15 is 0 Å². The van der Waals surface area contributed by atoms with E-state index in [9.17, 15) is 0 Å². The molecule has 2 heteroatoms. The second-order valence-electron chi connectivity index (χ2n) is 8.96. The largest absolute Gasteiger partial charge is 0.382 e. The summed E-state index contributed by atoms with van der Waals surface area (Å²) in [5.74, 6) is 5.15. The Morgan fingerprint density at radius 2 is 1.33 bits per heavy atom. The first-order valence-corrected chi connectivity index (χ1v) is 10.9. The zero-order chi connectivity index (χ0) is 16.8. The van der Waals surface area contributed by atoms with Crippen molar-refractivity contribution in [3.8, 4) is 0 Å². The van der Waals surface area contributed by atoms with Crippen LogP contribution < -0.4 is 0 Å². The Morgan fingerprint density at radius 1 is 0.708 bits per heavy atom. The highest BCUT2D eigenvalue weighted by atomic mass is 16.5. The molecule has 3 aliphatic carbocycles. The van der Waals surface area contributed by atoms with Crippen molar-refractivity contribution in [3.05, 3.63) is 0 Å². The Kier molecular flexibility index (Phi) is 7.46. The molecule has 0 aromatic rings. The molecule has 0 N–H and O–H groups in total. The van der Waals surface area contributed by atoms with Gasteiger partial charge in [0.05, 0.1) is 19.3 Å². The Balaban J connectivity index is 1.40. The van der Waals surface area contributed by atoms with Gasteiger partial charge in [-0.3, -0.25) is 0 Å². The van der Waals surface area contributed by atoms with Gasteiger partial charge in [0, 0.05) is 7.11 Å². The quantitative estimate of drug-likeness (QED) is 0.544. The van der Waals surface area contributed by atoms with Gasteiger partial charge in [-0.15, -0.1) is 0 Å². The maximum atomic E-state index is 6.03. The van der Waals surface area contributed by atoms with Gasteiger partial charge < -0.3 is 9.47 Å². The number of rotatable bonds is 7. The second-order valence-corrected chi connectivity index (χ2v) is 8.96. The first-order chi connectivity index (χ1) is 11.8. The predicted octanol–water partition coefficient (Wildman–Crippen LogP) is 5.84. The summed E-state index contributed by atoms with van der Waals surface area (Å²) in [6.45, 7) is 3.87. The third-order valence-corrected chi connectivity index (χ3v) is 7.50. The van der Waals surface area contributed by atoms with Crippen molar-refractivity contribution in [1.29, 1.82) is 0 Å². The Labute approximate surface area is 150 Å². The Morgan fingerprint density at radius 3 is 2.04 bits per heavy atom. The molecule has 3 fully saturated rings. The van der Waals surface area contributed by atoms with Gasteiger partial charge in [0.2, 0.25) is 0 Å². The molecule has 0 heterocycles. The van der Waals surface area contributed by atoms with Crippen molar-refractivity contribution in [2.45, 2.75) is 90.1 Å². The average molecular weight is 337 g/mol. The van der Waals surface area contributed by atoms with Gasteiger partial charge in [0.1, 0.15) is 0 Å². The number of fused-ring (bicyclic) bond motifs is 1. The van der Waals surface area contributed by atoms with E-state index in [4.69, 9.17) is 9.47 Å². The van der Waals surface area contributed by atoms with Gasteiger partial charge in [-0.05, 0) is 81.0 Å². The summed E-state index contributed by atoms with van der Waals surface area (Å²) >= 11 is 0. The fraction of sp³-hybridized carbons (Fsp3) is 1.00. The summed E-state index contributed by atoms with van der Waals surface area (Å²) in [6.07, 6.45) is 18.1. The lowest BCUT2D eigenvalue weighted by molar-refractivity contribution is -0.0395. The first-order valence-electron chi connectivity index (χ1n) is 10.9. The van der Waals surface area contributed by atoms with Crippen LogP contribution in [-0.4, -0.2) is 26.4 Å². The lowest BCUT2D eigenvalue weighted by Crippen LogP contribution is -2.37. The molecule has 0 amide bonds. The number of methoxy groups -OCH3 is 1. The van der Waals surface area contributed by atoms with Crippen LogP contribution in [0.2, 0.25) is 0 Å². The summed E-state index contributed by atoms with van der Waals surface area (Å²) < 4.78 is 11.1. The van der Waals surface area contributed by atoms with Crippen LogP contribution in [0.25, 0.3) is 0 Å². The molecule has 24 heavy (non-hydrogen) atoms. The molecule has 3 aliphatic rings. The number of hydrogen-bond acceptors (Lipinski definition) is 2. The fourth-order valence-electron chi connectivity index (χ4n) is 6.12. The maximum absolute atomic E-state index is 6.03. The predicted molar refractivity (Wildman–Crippen MR) is 100 cm³/mol. The maximum Gasteiger partial charge on any atom is 0.0704 e. The van der Waals surface area contributed by atoms with Crippen LogP contribution in [0.15, 0.2) is 0 Å². The minimum absolute atomic E-state index is 0.516. The van der Waals surface area contributed by atoms with Crippen molar-refractivity contribution in [1.82, 2.24) is 0 Å². The van der Waals surface area contributed by atoms with Gasteiger partial charge >= 0.3 is 0 Å². The van der Waals surface area contributed by atoms with E-state index in [1.807, 2.05) is 0 Å². The van der Waals surface area contributed by atoms with E-state index in [1.165, 1.54) is 70.6 Å². The van der Waals surface area contributed by atoms with Crippen LogP contribution >= 0.6 is 0 Å². The van der Waals surface area contributed by atoms with Gasteiger partial charge in [-0.25, -0.2) is 0 Å². The van der Waals surface area contributed by atoms with Crippen LogP contribution in [0.1, 0.15) is 84.0 Å². The van der Waals surface area contributed by atoms with E-state index in [1.54, 1.807) is 13.5 Å². The highest BCUT2D eigenvalue weighted by Gasteiger charge is 2.38. The molecule has 3 rings (SSSR count). The monoisotopic (exact) mass is 336 g/mol. The third-order valence-electron chi connectivity index (χ3n) is 7.50. The van der Waals surface area contributed by atoms with E-state index in [0.717, 1.165) is 42.8 Å². The molecule has 0 aromatic carbocycles. The minimum Gasteiger partial charge on any atom is -0.382 e. The Bertz CT molecular complexity index is 348. The SMILES string of the molecule is CCCC1CCC(C2CCC3CC(OCCOC)CCC3C2)CC1. The molecule has 0 bridgehead atoms. The zero-order valence-corrected chi connectivity index (χ0v) is 16.2. The van der Waals surface area contributed by atoms with Crippen molar-refractivity contribution >= 4 is 0 Å². The van der Waals surface area contributed by atoms with Gasteiger partial charge in [0.25, 0.3) is 0 Å². The van der Waals surface area contributed by atoms with Crippen molar-refractivity contribution < 1.29 is 9.47 Å². The standard InChI is InChI=1S/C22H40O2/c1-3-4-17-5-7-18(8-6-17)19-9-10-21-16-22(24-14-13-23-2)12-11-20(21)15-19/h17-22H,3-16H2,1-2H3. The normalized spacial score (nSPS) is 40.2. The van der Waals surface area contributed by atoms with Crippen molar-refractivity contribution in [2.75, 3.05) is 20.3 Å². The topological polar surface area (TPSA) is 18.5 Å². The smallest absolute Gasteiger partial charge is 0.0704 e. The molecule has 0 spiro atoms. The van der Waals surface area contributed by atoms with E-state index in [2.05, 4.69) is 6.92 Å². The fourth-order valence-corrected chi connectivity index (χ4v) is 6.12. The van der Waals surface area contributed by atoms with E-state index in [0.29, 0.717) is 6.10 Å². The molecule has 2 nitrogen and oxygen atoms in total. The number of ether oxygens (including phenoxy) is 2. The molecule has 0 aromatic heterocycles. The van der Waals surface area contributed by atoms with Crippen LogP contribution in [0.3, 0.4) is 0 Å². The summed E-state index contributed by atoms with van der Waals surface area (Å²) in [6, 6.07) is 0. The van der Waals surface area contributed by atoms with E-state index in [-0.39, 0.29) is 0 Å². The summed E-state index contributed by atoms with van der Waals surface area (Å²) in [7, 11) is 1.76. The minimum atomic E-state index is 0.516. The zero-order valence-electron chi connectivity index (χ0n) is 16.2. The van der Waals surface area contributed by atoms with Crippen molar-refractivity contribution in [2.24, 2.45) is 29.6 Å². The number of hydrogen-bond donors (Lipinski definition) is 0. The molecular formula is C22H40O2. The van der Waals surface area contributed by atoms with Crippen molar-refractivity contribution in [3.63, 3.8) is 0 Å². The third kappa shape index (κ3) is 4.97. The molecule has 0 saturated heterocycles. The Hall–Kier alpha value is -0.0800. The molecule has 0 radical (unpaired) electrons. The van der Waals surface area contributed by atoms with Gasteiger partial charge in [0.15, 0.2) is 0 Å². The summed E-state index contributed by atoms with van der Waals surface area (Å²) in [5.41, 5.74) is 0. The first kappa shape index (κ1) is 18.7. The second kappa shape index (κ2) is 9.57. The van der Waals surface area contributed by atoms with E-state index < -0.39 is 0 Å². The summed E-state index contributed by atoms with van der Waals surface area (Å²) in [4.78, 5) is 0. The highest BCUT2D eigenvalue weighted by molar-refractivity contribution is 4.89. The lowest BCUT2D eigenvalue weighted by Gasteiger charge is -2.45. The van der Waals surface area contributed by atoms with Crippen LogP contribution in [0.4, 0.5) is 0 Å². The molecule has 4 unspecified atom stereocenters. The van der Waals surface area contributed by atoms with Crippen LogP contribution in [0.5, 0.6) is 0 Å². The molecular weight excluding hydrogens is 296 g/mol. The van der Waals surface area contributed by atoms with Gasteiger partial charge in [-0.2, -0.15) is 0 Å². The van der Waals surface area contributed by atoms with Crippen LogP contribution in [0, 0.1) is 29.6 Å². The molecule has 0 aliphatic heterocycles. The molecule has 140 valence electrons. The lowest BCUT2D eigenvalue weighted by atomic mass is 9.62. The molecule has 3 saturated carbocycles. The van der Waals surface area contributed by atoms with Crippen LogP contribution in [-0.2, 0) is 9.47 Å². The summed E-state index contributed by atoms with van der Waals surface area (Å²) in [5, 5.41) is 0. The van der Waals surface area contributed by atoms with Gasteiger partial charge in [-0.1, -0.05) is 32.6 Å². The highest BCUT2D eigenvalue weighted by Crippen LogP contribution is 2.48. The molecule has 4 atom stereocenters.